The van der Waals surface area contributed by atoms with Gasteiger partial charge in [0.15, 0.2) is 0 Å². The van der Waals surface area contributed by atoms with E-state index < -0.39 is 0 Å². The van der Waals surface area contributed by atoms with E-state index in [4.69, 9.17) is 4.74 Å². The van der Waals surface area contributed by atoms with Crippen LogP contribution in [0.2, 0.25) is 0 Å². The number of rotatable bonds is 3. The van der Waals surface area contributed by atoms with Crippen LogP contribution in [0.4, 0.5) is 0 Å². The Morgan fingerprint density at radius 3 is 2.38 bits per heavy atom. The standard InChI is InChI=1S/C10H19NO2/c1-7(2)11-6-5-9(10(11)12)13-8(3)4/h7-9H,5-6H2,1-4H3. The monoisotopic (exact) mass is 185 g/mol. The lowest BCUT2D eigenvalue weighted by molar-refractivity contribution is -0.140. The quantitative estimate of drug-likeness (QED) is 0.665. The Morgan fingerprint density at radius 2 is 2.00 bits per heavy atom. The minimum absolute atomic E-state index is 0.140. The molecule has 1 amide bonds. The number of hydrogen-bond donors (Lipinski definition) is 0. The van der Waals surface area contributed by atoms with Gasteiger partial charge in [-0.2, -0.15) is 0 Å². The highest BCUT2D eigenvalue weighted by Crippen LogP contribution is 2.18. The van der Waals surface area contributed by atoms with Gasteiger partial charge in [-0.25, -0.2) is 0 Å². The van der Waals surface area contributed by atoms with E-state index in [1.54, 1.807) is 0 Å². The van der Waals surface area contributed by atoms with Gasteiger partial charge >= 0.3 is 0 Å². The number of ether oxygens (including phenoxy) is 1. The van der Waals surface area contributed by atoms with Gasteiger partial charge in [-0.15, -0.1) is 0 Å². The zero-order valence-corrected chi connectivity index (χ0v) is 8.91. The zero-order chi connectivity index (χ0) is 10.0. The molecule has 0 N–H and O–H groups in total. The van der Waals surface area contributed by atoms with Gasteiger partial charge in [0.1, 0.15) is 6.10 Å². The van der Waals surface area contributed by atoms with E-state index in [0.717, 1.165) is 13.0 Å². The number of likely N-dealkylation sites (tertiary alicyclic amines) is 1. The highest BCUT2D eigenvalue weighted by molar-refractivity contribution is 5.83. The van der Waals surface area contributed by atoms with Crippen LogP contribution in [0.1, 0.15) is 34.1 Å². The fourth-order valence-electron chi connectivity index (χ4n) is 1.64. The van der Waals surface area contributed by atoms with Crippen molar-refractivity contribution in [3.05, 3.63) is 0 Å². The predicted molar refractivity (Wildman–Crippen MR) is 51.5 cm³/mol. The summed E-state index contributed by atoms with van der Waals surface area (Å²) < 4.78 is 5.51. The van der Waals surface area contributed by atoms with Crippen LogP contribution in [-0.2, 0) is 9.53 Å². The molecule has 0 saturated carbocycles. The Balaban J connectivity index is 2.50. The third kappa shape index (κ3) is 2.44. The molecule has 1 fully saturated rings. The van der Waals surface area contributed by atoms with Gasteiger partial charge < -0.3 is 9.64 Å². The molecule has 1 unspecified atom stereocenters. The van der Waals surface area contributed by atoms with Crippen LogP contribution in [0.5, 0.6) is 0 Å². The molecular formula is C10H19NO2. The lowest BCUT2D eigenvalue weighted by atomic mass is 10.3. The molecule has 0 radical (unpaired) electrons. The number of nitrogens with zero attached hydrogens (tertiary/aromatic N) is 1. The van der Waals surface area contributed by atoms with Gasteiger partial charge in [-0.3, -0.25) is 4.79 Å². The summed E-state index contributed by atoms with van der Waals surface area (Å²) in [5, 5.41) is 0. The van der Waals surface area contributed by atoms with Crippen LogP contribution in [0.15, 0.2) is 0 Å². The third-order valence-electron chi connectivity index (χ3n) is 2.25. The molecule has 0 spiro atoms. The van der Waals surface area contributed by atoms with Gasteiger partial charge in [0.05, 0.1) is 6.10 Å². The van der Waals surface area contributed by atoms with Crippen molar-refractivity contribution in [2.24, 2.45) is 0 Å². The van der Waals surface area contributed by atoms with Crippen molar-refractivity contribution < 1.29 is 9.53 Å². The molecule has 3 nitrogen and oxygen atoms in total. The van der Waals surface area contributed by atoms with Gasteiger partial charge in [-0.05, 0) is 27.7 Å². The summed E-state index contributed by atoms with van der Waals surface area (Å²) in [6.45, 7) is 8.84. The summed E-state index contributed by atoms with van der Waals surface area (Å²) in [5.41, 5.74) is 0. The SMILES string of the molecule is CC(C)OC1CCN(C(C)C)C1=O. The van der Waals surface area contributed by atoms with E-state index in [1.807, 2.05) is 32.6 Å². The Morgan fingerprint density at radius 1 is 1.38 bits per heavy atom. The van der Waals surface area contributed by atoms with Crippen LogP contribution in [0.3, 0.4) is 0 Å². The van der Waals surface area contributed by atoms with Gasteiger partial charge in [-0.1, -0.05) is 0 Å². The molecule has 0 bridgehead atoms. The maximum Gasteiger partial charge on any atom is 0.252 e. The highest BCUT2D eigenvalue weighted by Gasteiger charge is 2.33. The van der Waals surface area contributed by atoms with Crippen molar-refractivity contribution in [2.75, 3.05) is 6.54 Å². The lowest BCUT2D eigenvalue weighted by Crippen LogP contribution is -2.36. The van der Waals surface area contributed by atoms with Crippen molar-refractivity contribution in [3.8, 4) is 0 Å². The second-order valence-electron chi connectivity index (χ2n) is 4.09. The molecule has 0 aromatic rings. The summed E-state index contributed by atoms with van der Waals surface area (Å²) in [4.78, 5) is 13.6. The van der Waals surface area contributed by atoms with Crippen LogP contribution in [0.25, 0.3) is 0 Å². The Kier molecular flexibility index (Phi) is 3.31. The van der Waals surface area contributed by atoms with Gasteiger partial charge in [0.2, 0.25) is 0 Å². The van der Waals surface area contributed by atoms with E-state index in [9.17, 15) is 4.79 Å². The normalized spacial score (nSPS) is 23.7. The number of hydrogen-bond acceptors (Lipinski definition) is 2. The number of amides is 1. The van der Waals surface area contributed by atoms with Crippen LogP contribution in [0, 0.1) is 0 Å². The molecular weight excluding hydrogens is 166 g/mol. The molecule has 1 saturated heterocycles. The lowest BCUT2D eigenvalue weighted by Gasteiger charge is -2.21. The maximum absolute atomic E-state index is 11.7. The second-order valence-corrected chi connectivity index (χ2v) is 4.09. The summed E-state index contributed by atoms with van der Waals surface area (Å²) in [6.07, 6.45) is 0.790. The van der Waals surface area contributed by atoms with Gasteiger partial charge in [0, 0.05) is 19.0 Å². The topological polar surface area (TPSA) is 29.5 Å². The van der Waals surface area contributed by atoms with E-state index in [2.05, 4.69) is 0 Å². The molecule has 1 atom stereocenters. The van der Waals surface area contributed by atoms with Crippen molar-refractivity contribution >= 4 is 5.91 Å². The largest absolute Gasteiger partial charge is 0.366 e. The maximum atomic E-state index is 11.7. The first-order chi connectivity index (χ1) is 6.02. The Bertz CT molecular complexity index is 189. The molecule has 0 aromatic carbocycles. The minimum Gasteiger partial charge on any atom is -0.366 e. The average Bonchev–Trinajstić information content (AvgIpc) is 2.32. The van der Waals surface area contributed by atoms with Crippen molar-refractivity contribution in [1.82, 2.24) is 4.90 Å². The predicted octanol–water partition coefficient (Wildman–Crippen LogP) is 1.42. The van der Waals surface area contributed by atoms with Crippen LogP contribution < -0.4 is 0 Å². The summed E-state index contributed by atoms with van der Waals surface area (Å²) in [7, 11) is 0. The molecule has 3 heteroatoms. The minimum atomic E-state index is -0.192. The zero-order valence-electron chi connectivity index (χ0n) is 8.91. The molecule has 1 heterocycles. The highest BCUT2D eigenvalue weighted by atomic mass is 16.5. The number of carbonyl (C=O) groups excluding carboxylic acids is 1. The molecule has 0 aromatic heterocycles. The van der Waals surface area contributed by atoms with E-state index in [1.165, 1.54) is 0 Å². The summed E-state index contributed by atoms with van der Waals surface area (Å²) in [5.74, 6) is 0.156. The van der Waals surface area contributed by atoms with Crippen molar-refractivity contribution in [1.29, 1.82) is 0 Å². The number of carbonyl (C=O) groups is 1. The van der Waals surface area contributed by atoms with Crippen LogP contribution in [-0.4, -0.2) is 35.6 Å². The molecule has 1 aliphatic heterocycles. The fraction of sp³-hybridized carbons (Fsp3) is 0.900. The molecule has 0 aliphatic carbocycles. The van der Waals surface area contributed by atoms with E-state index in [0.29, 0.717) is 6.04 Å². The van der Waals surface area contributed by atoms with E-state index >= 15 is 0 Å². The molecule has 76 valence electrons. The second kappa shape index (κ2) is 4.09. The molecule has 1 rings (SSSR count). The Labute approximate surface area is 80.1 Å². The summed E-state index contributed by atoms with van der Waals surface area (Å²) in [6, 6.07) is 0.299. The first kappa shape index (κ1) is 10.5. The summed E-state index contributed by atoms with van der Waals surface area (Å²) >= 11 is 0. The van der Waals surface area contributed by atoms with Crippen LogP contribution >= 0.6 is 0 Å². The first-order valence-corrected chi connectivity index (χ1v) is 4.98. The van der Waals surface area contributed by atoms with E-state index in [-0.39, 0.29) is 18.1 Å². The molecule has 1 aliphatic rings. The fourth-order valence-corrected chi connectivity index (χ4v) is 1.64. The third-order valence-corrected chi connectivity index (χ3v) is 2.25. The van der Waals surface area contributed by atoms with Gasteiger partial charge in [0.25, 0.3) is 5.91 Å². The molecule has 13 heavy (non-hydrogen) atoms. The smallest absolute Gasteiger partial charge is 0.252 e. The van der Waals surface area contributed by atoms with Crippen molar-refractivity contribution in [2.45, 2.75) is 52.4 Å². The Hall–Kier alpha value is -0.570. The average molecular weight is 185 g/mol. The first-order valence-electron chi connectivity index (χ1n) is 4.98. The van der Waals surface area contributed by atoms with Crippen molar-refractivity contribution in [3.63, 3.8) is 0 Å².